The molecule has 0 bridgehead atoms. The standard InChI is InChI=1S/C16H14F2O3/c17-12-6-7-15(14(18)10-12)21-9-8-13(16(19)20)11-4-2-1-3-5-11/h1-7,10,13H,8-9H2,(H,19,20). The number of ether oxygens (including phenoxy) is 1. The Balaban J connectivity index is 1.98. The molecule has 0 radical (unpaired) electrons. The summed E-state index contributed by atoms with van der Waals surface area (Å²) in [5.41, 5.74) is 0.660. The van der Waals surface area contributed by atoms with Gasteiger partial charge in [0, 0.05) is 6.07 Å². The Hall–Kier alpha value is -2.43. The van der Waals surface area contributed by atoms with E-state index in [1.165, 1.54) is 6.07 Å². The molecule has 2 aromatic rings. The minimum Gasteiger partial charge on any atom is -0.490 e. The van der Waals surface area contributed by atoms with Crippen LogP contribution in [-0.2, 0) is 4.79 Å². The quantitative estimate of drug-likeness (QED) is 0.884. The lowest BCUT2D eigenvalue weighted by Gasteiger charge is -2.13. The maximum absolute atomic E-state index is 13.4. The van der Waals surface area contributed by atoms with Crippen molar-refractivity contribution in [3.05, 3.63) is 65.7 Å². The number of carbonyl (C=O) groups is 1. The van der Waals surface area contributed by atoms with Gasteiger partial charge in [0.05, 0.1) is 12.5 Å². The summed E-state index contributed by atoms with van der Waals surface area (Å²) >= 11 is 0. The maximum Gasteiger partial charge on any atom is 0.311 e. The molecule has 2 aromatic carbocycles. The highest BCUT2D eigenvalue weighted by Gasteiger charge is 2.19. The van der Waals surface area contributed by atoms with Gasteiger partial charge >= 0.3 is 5.97 Å². The molecule has 0 aliphatic rings. The van der Waals surface area contributed by atoms with Gasteiger partial charge < -0.3 is 9.84 Å². The van der Waals surface area contributed by atoms with Crippen LogP contribution in [0.2, 0.25) is 0 Å². The first kappa shape index (κ1) is 15.0. The van der Waals surface area contributed by atoms with Crippen LogP contribution in [0.5, 0.6) is 5.75 Å². The van der Waals surface area contributed by atoms with Crippen molar-refractivity contribution in [2.45, 2.75) is 12.3 Å². The van der Waals surface area contributed by atoms with Crippen LogP contribution in [0.1, 0.15) is 17.9 Å². The average molecular weight is 292 g/mol. The average Bonchev–Trinajstić information content (AvgIpc) is 2.46. The lowest BCUT2D eigenvalue weighted by atomic mass is 9.96. The molecule has 0 aliphatic carbocycles. The Bertz CT molecular complexity index is 614. The lowest BCUT2D eigenvalue weighted by Crippen LogP contribution is -2.15. The Morgan fingerprint density at radius 3 is 2.48 bits per heavy atom. The number of hydrogen-bond donors (Lipinski definition) is 1. The molecule has 3 nitrogen and oxygen atoms in total. The summed E-state index contributed by atoms with van der Waals surface area (Å²) in [5.74, 6) is -3.28. The van der Waals surface area contributed by atoms with E-state index in [1.54, 1.807) is 30.3 Å². The topological polar surface area (TPSA) is 46.5 Å². The fraction of sp³-hybridized carbons (Fsp3) is 0.188. The van der Waals surface area contributed by atoms with Crippen molar-refractivity contribution in [3.8, 4) is 5.75 Å². The van der Waals surface area contributed by atoms with Crippen molar-refractivity contribution in [2.75, 3.05) is 6.61 Å². The van der Waals surface area contributed by atoms with Crippen LogP contribution in [0.15, 0.2) is 48.5 Å². The van der Waals surface area contributed by atoms with Gasteiger partial charge in [0.25, 0.3) is 0 Å². The monoisotopic (exact) mass is 292 g/mol. The SMILES string of the molecule is O=C(O)C(CCOc1ccc(F)cc1F)c1ccccc1. The van der Waals surface area contributed by atoms with Crippen LogP contribution in [0.25, 0.3) is 0 Å². The largest absolute Gasteiger partial charge is 0.490 e. The predicted molar refractivity (Wildman–Crippen MR) is 73.3 cm³/mol. The van der Waals surface area contributed by atoms with Crippen LogP contribution >= 0.6 is 0 Å². The highest BCUT2D eigenvalue weighted by Crippen LogP contribution is 2.22. The van der Waals surface area contributed by atoms with Crippen molar-refractivity contribution >= 4 is 5.97 Å². The summed E-state index contributed by atoms with van der Waals surface area (Å²) in [6.07, 6.45) is 0.191. The molecule has 110 valence electrons. The predicted octanol–water partition coefficient (Wildman–Crippen LogP) is 3.60. The number of carboxylic acid groups (broad SMARTS) is 1. The van der Waals surface area contributed by atoms with Crippen molar-refractivity contribution in [1.29, 1.82) is 0 Å². The molecule has 21 heavy (non-hydrogen) atoms. The summed E-state index contributed by atoms with van der Waals surface area (Å²) in [5, 5.41) is 9.24. The molecular formula is C16H14F2O3. The van der Waals surface area contributed by atoms with Crippen LogP contribution < -0.4 is 4.74 Å². The van der Waals surface area contributed by atoms with E-state index in [2.05, 4.69) is 0 Å². The highest BCUT2D eigenvalue weighted by atomic mass is 19.1. The van der Waals surface area contributed by atoms with E-state index in [9.17, 15) is 18.7 Å². The Morgan fingerprint density at radius 1 is 1.14 bits per heavy atom. The van der Waals surface area contributed by atoms with E-state index in [1.807, 2.05) is 0 Å². The molecule has 1 N–H and O–H groups in total. The maximum atomic E-state index is 13.4. The molecule has 0 saturated carbocycles. The molecule has 0 saturated heterocycles. The van der Waals surface area contributed by atoms with Crippen LogP contribution in [0, 0.1) is 11.6 Å². The number of halogens is 2. The van der Waals surface area contributed by atoms with Crippen molar-refractivity contribution in [2.24, 2.45) is 0 Å². The zero-order chi connectivity index (χ0) is 15.2. The van der Waals surface area contributed by atoms with E-state index in [0.29, 0.717) is 5.56 Å². The molecule has 0 spiro atoms. The van der Waals surface area contributed by atoms with Gasteiger partial charge in [-0.05, 0) is 24.1 Å². The third-order valence-corrected chi connectivity index (χ3v) is 3.06. The molecule has 0 amide bonds. The number of rotatable bonds is 6. The number of benzene rings is 2. The lowest BCUT2D eigenvalue weighted by molar-refractivity contribution is -0.139. The number of aliphatic carboxylic acids is 1. The van der Waals surface area contributed by atoms with Gasteiger partial charge in [-0.3, -0.25) is 4.79 Å². The summed E-state index contributed by atoms with van der Waals surface area (Å²) in [4.78, 5) is 11.3. The van der Waals surface area contributed by atoms with Gasteiger partial charge in [-0.1, -0.05) is 30.3 Å². The molecule has 1 atom stereocenters. The third-order valence-electron chi connectivity index (χ3n) is 3.06. The molecular weight excluding hydrogens is 278 g/mol. The van der Waals surface area contributed by atoms with Gasteiger partial charge in [-0.2, -0.15) is 0 Å². The summed E-state index contributed by atoms with van der Waals surface area (Å²) in [6, 6.07) is 11.7. The highest BCUT2D eigenvalue weighted by molar-refractivity contribution is 5.76. The molecule has 0 aromatic heterocycles. The normalized spacial score (nSPS) is 11.9. The second-order valence-corrected chi connectivity index (χ2v) is 4.51. The Kier molecular flexibility index (Phi) is 4.87. The smallest absolute Gasteiger partial charge is 0.311 e. The molecule has 0 fully saturated rings. The Labute approximate surface area is 120 Å². The first-order valence-corrected chi connectivity index (χ1v) is 6.43. The van der Waals surface area contributed by atoms with Gasteiger partial charge in [0.15, 0.2) is 11.6 Å². The third kappa shape index (κ3) is 4.02. The van der Waals surface area contributed by atoms with E-state index >= 15 is 0 Å². The fourth-order valence-electron chi connectivity index (χ4n) is 2.00. The van der Waals surface area contributed by atoms with Gasteiger partial charge in [-0.15, -0.1) is 0 Å². The summed E-state index contributed by atoms with van der Waals surface area (Å²) in [6.45, 7) is 0.0222. The first-order valence-electron chi connectivity index (χ1n) is 6.43. The van der Waals surface area contributed by atoms with Gasteiger partial charge in [0.2, 0.25) is 0 Å². The molecule has 0 heterocycles. The van der Waals surface area contributed by atoms with Crippen LogP contribution in [0.4, 0.5) is 8.78 Å². The zero-order valence-electron chi connectivity index (χ0n) is 11.1. The summed E-state index contributed by atoms with van der Waals surface area (Å²) in [7, 11) is 0. The van der Waals surface area contributed by atoms with Crippen LogP contribution in [0.3, 0.4) is 0 Å². The second-order valence-electron chi connectivity index (χ2n) is 4.51. The minimum absolute atomic E-state index is 0.0222. The zero-order valence-corrected chi connectivity index (χ0v) is 11.1. The first-order chi connectivity index (χ1) is 10.1. The molecule has 5 heteroatoms. The minimum atomic E-state index is -0.968. The number of hydrogen-bond acceptors (Lipinski definition) is 2. The van der Waals surface area contributed by atoms with Gasteiger partial charge in [0.1, 0.15) is 5.82 Å². The number of carboxylic acids is 1. The van der Waals surface area contributed by atoms with Crippen molar-refractivity contribution in [1.82, 2.24) is 0 Å². The second kappa shape index (κ2) is 6.83. The van der Waals surface area contributed by atoms with E-state index in [-0.39, 0.29) is 18.8 Å². The fourth-order valence-corrected chi connectivity index (χ4v) is 2.00. The van der Waals surface area contributed by atoms with Crippen molar-refractivity contribution in [3.63, 3.8) is 0 Å². The molecule has 0 aliphatic heterocycles. The van der Waals surface area contributed by atoms with Crippen molar-refractivity contribution < 1.29 is 23.4 Å². The summed E-state index contributed by atoms with van der Waals surface area (Å²) < 4.78 is 31.3. The Morgan fingerprint density at radius 2 is 1.86 bits per heavy atom. The van der Waals surface area contributed by atoms with E-state index in [4.69, 9.17) is 4.74 Å². The van der Waals surface area contributed by atoms with Crippen LogP contribution in [-0.4, -0.2) is 17.7 Å². The van der Waals surface area contributed by atoms with E-state index in [0.717, 1.165) is 12.1 Å². The van der Waals surface area contributed by atoms with E-state index < -0.39 is 23.5 Å². The molecule has 2 rings (SSSR count). The molecule has 1 unspecified atom stereocenters. The van der Waals surface area contributed by atoms with Gasteiger partial charge in [-0.25, -0.2) is 8.78 Å².